The molecule has 0 spiro atoms. The minimum absolute atomic E-state index is 0.0652. The van der Waals surface area contributed by atoms with Crippen LogP contribution in [0.4, 0.5) is 0 Å². The van der Waals surface area contributed by atoms with Gasteiger partial charge in [-0.3, -0.25) is 18.7 Å². The molecule has 4 N–H and O–H groups in total. The monoisotopic (exact) mass is 539 g/mol. The average molecular weight is 540 g/mol. The summed E-state index contributed by atoms with van der Waals surface area (Å²) in [5.41, 5.74) is 2.28. The molecule has 1 aromatic heterocycles. The molecule has 40 heavy (non-hydrogen) atoms. The Kier molecular flexibility index (Phi) is 7.77. The summed E-state index contributed by atoms with van der Waals surface area (Å²) in [6.45, 7) is -0.294. The second-order valence-electron chi connectivity index (χ2n) is 9.62. The maximum Gasteiger partial charge on any atom is 0.329 e. The molecule has 0 fully saturated rings. The minimum atomic E-state index is -1.13. The summed E-state index contributed by atoms with van der Waals surface area (Å²) in [6.07, 6.45) is -1.39. The number of imidazole rings is 1. The fourth-order valence-corrected chi connectivity index (χ4v) is 5.00. The van der Waals surface area contributed by atoms with E-state index in [9.17, 15) is 29.7 Å². The number of carbonyl (C=O) groups is 2. The van der Waals surface area contributed by atoms with E-state index in [1.165, 1.54) is 10.6 Å². The molecule has 0 aliphatic heterocycles. The van der Waals surface area contributed by atoms with Gasteiger partial charge in [0.25, 0.3) is 5.91 Å². The summed E-state index contributed by atoms with van der Waals surface area (Å²) in [6, 6.07) is 26.3. The van der Waals surface area contributed by atoms with Crippen LogP contribution in [0.3, 0.4) is 0 Å². The van der Waals surface area contributed by atoms with Gasteiger partial charge in [-0.1, -0.05) is 72.8 Å². The standard InChI is InChI=1S/C31H29N3O6/c35-19-25(29(38)21-8-2-1-3-9-21)32-30(39)22-13-14-26-27(17-22)33(16-15-28(36)37)31(40)34(26)18-23-11-6-10-20-7-4-5-12-24(20)23/h1-14,17,25,29,35,38H,15-16,18-19H2,(H,32,39)(H,36,37)/t25-,29+/m0/s1. The van der Waals surface area contributed by atoms with E-state index in [2.05, 4.69) is 5.32 Å². The van der Waals surface area contributed by atoms with Crippen molar-refractivity contribution in [3.05, 3.63) is 118 Å². The molecule has 9 nitrogen and oxygen atoms in total. The lowest BCUT2D eigenvalue weighted by Gasteiger charge is -2.22. The maximum absolute atomic E-state index is 13.6. The van der Waals surface area contributed by atoms with Gasteiger partial charge in [-0.2, -0.15) is 0 Å². The lowest BCUT2D eigenvalue weighted by atomic mass is 10.0. The Morgan fingerprint density at radius 3 is 2.33 bits per heavy atom. The summed E-state index contributed by atoms with van der Waals surface area (Å²) in [5, 5.41) is 34.6. The number of aliphatic hydroxyl groups is 2. The first-order chi connectivity index (χ1) is 19.4. The van der Waals surface area contributed by atoms with Crippen LogP contribution >= 0.6 is 0 Å². The van der Waals surface area contributed by atoms with E-state index < -0.39 is 30.6 Å². The SMILES string of the molecule is O=C(O)CCn1c(=O)n(Cc2cccc3ccccc23)c2ccc(C(=O)N[C@@H](CO)[C@H](O)c3ccccc3)cc21. The van der Waals surface area contributed by atoms with Gasteiger partial charge in [0.1, 0.15) is 6.10 Å². The molecular weight excluding hydrogens is 510 g/mol. The van der Waals surface area contributed by atoms with Gasteiger partial charge in [0.2, 0.25) is 0 Å². The molecule has 0 aliphatic carbocycles. The molecule has 0 aliphatic rings. The van der Waals surface area contributed by atoms with Gasteiger partial charge in [-0.15, -0.1) is 0 Å². The highest BCUT2D eigenvalue weighted by Gasteiger charge is 2.24. The highest BCUT2D eigenvalue weighted by molar-refractivity contribution is 5.97. The van der Waals surface area contributed by atoms with Gasteiger partial charge in [0.15, 0.2) is 0 Å². The number of nitrogens with zero attached hydrogens (tertiary/aromatic N) is 2. The molecule has 0 radical (unpaired) electrons. The first kappa shape index (κ1) is 26.9. The Morgan fingerprint density at radius 2 is 1.57 bits per heavy atom. The van der Waals surface area contributed by atoms with E-state index in [0.717, 1.165) is 16.3 Å². The number of hydrogen-bond acceptors (Lipinski definition) is 5. The molecule has 4 aromatic carbocycles. The Hall–Kier alpha value is -4.73. The van der Waals surface area contributed by atoms with Crippen LogP contribution in [0, 0.1) is 0 Å². The Bertz CT molecular complexity index is 1740. The van der Waals surface area contributed by atoms with Crippen LogP contribution in [0.5, 0.6) is 0 Å². The molecule has 204 valence electrons. The number of aliphatic carboxylic acids is 1. The molecule has 2 atom stereocenters. The van der Waals surface area contributed by atoms with E-state index in [4.69, 9.17) is 0 Å². The number of nitrogens with one attached hydrogen (secondary N) is 1. The van der Waals surface area contributed by atoms with Crippen LogP contribution < -0.4 is 11.0 Å². The summed E-state index contributed by atoms with van der Waals surface area (Å²) in [4.78, 5) is 38.1. The Labute approximate surface area is 229 Å². The smallest absolute Gasteiger partial charge is 0.329 e. The van der Waals surface area contributed by atoms with Crippen LogP contribution in [0.15, 0.2) is 95.8 Å². The highest BCUT2D eigenvalue weighted by atomic mass is 16.4. The first-order valence-corrected chi connectivity index (χ1v) is 12.9. The number of aromatic nitrogens is 2. The third-order valence-electron chi connectivity index (χ3n) is 7.07. The number of carbonyl (C=O) groups excluding carboxylic acids is 1. The number of aliphatic hydroxyl groups excluding tert-OH is 2. The van der Waals surface area contributed by atoms with Gasteiger partial charge in [0, 0.05) is 12.1 Å². The van der Waals surface area contributed by atoms with E-state index in [1.54, 1.807) is 47.0 Å². The van der Waals surface area contributed by atoms with Crippen LogP contribution in [0.1, 0.15) is 34.0 Å². The van der Waals surface area contributed by atoms with E-state index in [-0.39, 0.29) is 30.8 Å². The second-order valence-corrected chi connectivity index (χ2v) is 9.62. The van der Waals surface area contributed by atoms with Gasteiger partial charge in [0.05, 0.1) is 36.6 Å². The number of rotatable bonds is 10. The first-order valence-electron chi connectivity index (χ1n) is 12.9. The molecule has 0 bridgehead atoms. The zero-order chi connectivity index (χ0) is 28.2. The van der Waals surface area contributed by atoms with E-state index >= 15 is 0 Å². The van der Waals surface area contributed by atoms with E-state index in [1.807, 2.05) is 42.5 Å². The molecule has 1 heterocycles. The molecule has 1 amide bonds. The Balaban J connectivity index is 1.51. The molecular formula is C31H29N3O6. The number of carboxylic acid groups (broad SMARTS) is 1. The molecule has 5 aromatic rings. The van der Waals surface area contributed by atoms with Crippen LogP contribution in [-0.2, 0) is 17.9 Å². The van der Waals surface area contributed by atoms with Crippen molar-refractivity contribution in [2.75, 3.05) is 6.61 Å². The largest absolute Gasteiger partial charge is 0.481 e. The quantitative estimate of drug-likeness (QED) is 0.215. The molecule has 0 saturated carbocycles. The van der Waals surface area contributed by atoms with Crippen LogP contribution in [0.2, 0.25) is 0 Å². The maximum atomic E-state index is 13.6. The van der Waals surface area contributed by atoms with Gasteiger partial charge in [-0.25, -0.2) is 4.79 Å². The summed E-state index contributed by atoms with van der Waals surface area (Å²) in [7, 11) is 0. The topological polar surface area (TPSA) is 134 Å². The third kappa shape index (κ3) is 5.38. The van der Waals surface area contributed by atoms with Crippen molar-refractivity contribution in [2.24, 2.45) is 0 Å². The van der Waals surface area contributed by atoms with Gasteiger partial charge < -0.3 is 20.6 Å². The zero-order valence-corrected chi connectivity index (χ0v) is 21.6. The number of aryl methyl sites for hydroxylation is 1. The summed E-state index contributed by atoms with van der Waals surface area (Å²) < 4.78 is 2.95. The number of benzene rings is 4. The molecule has 9 heteroatoms. The van der Waals surface area contributed by atoms with Crippen molar-refractivity contribution in [1.82, 2.24) is 14.5 Å². The van der Waals surface area contributed by atoms with Crippen molar-refractivity contribution in [2.45, 2.75) is 31.7 Å². The number of hydrogen-bond donors (Lipinski definition) is 4. The molecule has 0 unspecified atom stereocenters. The number of carboxylic acids is 1. The zero-order valence-electron chi connectivity index (χ0n) is 21.6. The summed E-state index contributed by atoms with van der Waals surface area (Å²) in [5.74, 6) is -1.59. The highest BCUT2D eigenvalue weighted by Crippen LogP contribution is 2.23. The lowest BCUT2D eigenvalue weighted by molar-refractivity contribution is -0.137. The van der Waals surface area contributed by atoms with Crippen molar-refractivity contribution in [1.29, 1.82) is 0 Å². The van der Waals surface area contributed by atoms with Gasteiger partial charge in [-0.05, 0) is 40.1 Å². The summed E-state index contributed by atoms with van der Waals surface area (Å²) >= 11 is 0. The van der Waals surface area contributed by atoms with Crippen LogP contribution in [0.25, 0.3) is 21.8 Å². The van der Waals surface area contributed by atoms with Crippen molar-refractivity contribution in [3.8, 4) is 0 Å². The predicted octanol–water partition coefficient (Wildman–Crippen LogP) is 3.30. The van der Waals surface area contributed by atoms with Crippen molar-refractivity contribution in [3.63, 3.8) is 0 Å². The fourth-order valence-electron chi connectivity index (χ4n) is 5.00. The molecule has 0 saturated heterocycles. The molecule has 5 rings (SSSR count). The average Bonchev–Trinajstić information content (AvgIpc) is 3.24. The van der Waals surface area contributed by atoms with Crippen molar-refractivity contribution >= 4 is 33.7 Å². The lowest BCUT2D eigenvalue weighted by Crippen LogP contribution is -2.42. The third-order valence-corrected chi connectivity index (χ3v) is 7.07. The van der Waals surface area contributed by atoms with Crippen LogP contribution in [-0.4, -0.2) is 49.0 Å². The van der Waals surface area contributed by atoms with Gasteiger partial charge >= 0.3 is 11.7 Å². The Morgan fingerprint density at radius 1 is 0.850 bits per heavy atom. The van der Waals surface area contributed by atoms with E-state index in [0.29, 0.717) is 16.6 Å². The predicted molar refractivity (Wildman–Crippen MR) is 151 cm³/mol. The second kappa shape index (κ2) is 11.6. The fraction of sp³-hybridized carbons (Fsp3) is 0.194. The number of amides is 1. The van der Waals surface area contributed by atoms with Crippen molar-refractivity contribution < 1.29 is 24.9 Å². The minimum Gasteiger partial charge on any atom is -0.481 e. The number of fused-ring (bicyclic) bond motifs is 2. The normalized spacial score (nSPS) is 12.8.